The first-order chi connectivity index (χ1) is 6.68. The van der Waals surface area contributed by atoms with E-state index in [0.29, 0.717) is 17.8 Å². The Hall–Kier alpha value is -0.370. The lowest BCUT2D eigenvalue weighted by Gasteiger charge is -2.30. The minimum absolute atomic E-state index is 0.0692. The second kappa shape index (κ2) is 4.01. The van der Waals surface area contributed by atoms with Crippen LogP contribution in [0.3, 0.4) is 0 Å². The summed E-state index contributed by atoms with van der Waals surface area (Å²) in [5.74, 6) is 0.991. The molecule has 0 saturated heterocycles. The quantitative estimate of drug-likeness (QED) is 0.675. The molecule has 0 spiro atoms. The van der Waals surface area contributed by atoms with Gasteiger partial charge in [-0.3, -0.25) is 4.79 Å². The Morgan fingerprint density at radius 2 is 1.86 bits per heavy atom. The first-order valence-electron chi connectivity index (χ1n) is 5.87. The topological polar surface area (TPSA) is 26.3 Å². The van der Waals surface area contributed by atoms with Crippen molar-refractivity contribution in [2.75, 3.05) is 0 Å². The number of carbonyl (C=O) groups excluding carboxylic acids is 1. The highest BCUT2D eigenvalue weighted by molar-refractivity contribution is 5.85. The second-order valence-corrected chi connectivity index (χ2v) is 5.00. The number of ketones is 1. The van der Waals surface area contributed by atoms with Gasteiger partial charge < -0.3 is 4.74 Å². The summed E-state index contributed by atoms with van der Waals surface area (Å²) in [6.07, 6.45) is 6.30. The molecule has 0 bridgehead atoms. The molecule has 0 aromatic heterocycles. The van der Waals surface area contributed by atoms with Gasteiger partial charge in [0.15, 0.2) is 5.78 Å². The first-order valence-corrected chi connectivity index (χ1v) is 5.87. The van der Waals surface area contributed by atoms with Crippen LogP contribution in [0.5, 0.6) is 0 Å². The van der Waals surface area contributed by atoms with Gasteiger partial charge in [-0.15, -0.1) is 0 Å². The fraction of sp³-hybridized carbons (Fsp3) is 0.917. The monoisotopic (exact) mass is 196 g/mol. The highest BCUT2D eigenvalue weighted by atomic mass is 16.5. The van der Waals surface area contributed by atoms with E-state index in [0.717, 1.165) is 12.8 Å². The van der Waals surface area contributed by atoms with Gasteiger partial charge in [-0.25, -0.2) is 0 Å². The molecule has 0 N–H and O–H groups in total. The van der Waals surface area contributed by atoms with Gasteiger partial charge in [-0.05, 0) is 38.0 Å². The number of ether oxygens (including phenoxy) is 1. The first kappa shape index (κ1) is 10.2. The third-order valence-corrected chi connectivity index (χ3v) is 3.29. The van der Waals surface area contributed by atoms with Crippen LogP contribution in [0.15, 0.2) is 0 Å². The van der Waals surface area contributed by atoms with Gasteiger partial charge in [0.2, 0.25) is 0 Å². The molecule has 80 valence electrons. The van der Waals surface area contributed by atoms with Gasteiger partial charge in [-0.1, -0.05) is 13.8 Å². The molecule has 0 aromatic carbocycles. The van der Waals surface area contributed by atoms with E-state index in [1.54, 1.807) is 0 Å². The Labute approximate surface area is 86.0 Å². The van der Waals surface area contributed by atoms with E-state index in [-0.39, 0.29) is 12.0 Å². The van der Waals surface area contributed by atoms with Crippen molar-refractivity contribution >= 4 is 5.78 Å². The lowest BCUT2D eigenvalue weighted by molar-refractivity contribution is -0.143. The molecule has 0 heterocycles. The molecule has 1 atom stereocenters. The zero-order chi connectivity index (χ0) is 10.1. The molecule has 2 heteroatoms. The minimum atomic E-state index is -0.0692. The van der Waals surface area contributed by atoms with Crippen LogP contribution in [-0.2, 0) is 9.53 Å². The van der Waals surface area contributed by atoms with E-state index in [4.69, 9.17) is 4.74 Å². The molecule has 2 fully saturated rings. The van der Waals surface area contributed by atoms with E-state index in [1.165, 1.54) is 19.3 Å². The van der Waals surface area contributed by atoms with Crippen LogP contribution in [0.4, 0.5) is 0 Å². The summed E-state index contributed by atoms with van der Waals surface area (Å²) in [5, 5.41) is 0. The Kier molecular flexibility index (Phi) is 2.91. The third-order valence-electron chi connectivity index (χ3n) is 3.29. The summed E-state index contributed by atoms with van der Waals surface area (Å²) < 4.78 is 5.88. The fourth-order valence-electron chi connectivity index (χ4n) is 1.85. The van der Waals surface area contributed by atoms with Crippen LogP contribution < -0.4 is 0 Å². The largest absolute Gasteiger partial charge is 0.367 e. The maximum absolute atomic E-state index is 11.9. The molecule has 0 unspecified atom stereocenters. The zero-order valence-electron chi connectivity index (χ0n) is 9.16. The van der Waals surface area contributed by atoms with Crippen molar-refractivity contribution in [1.82, 2.24) is 0 Å². The molecular formula is C12H20O2. The molecule has 2 aliphatic carbocycles. The molecule has 2 saturated carbocycles. The minimum Gasteiger partial charge on any atom is -0.367 e. The van der Waals surface area contributed by atoms with Crippen LogP contribution in [0.25, 0.3) is 0 Å². The summed E-state index contributed by atoms with van der Waals surface area (Å²) in [6.45, 7) is 3.95. The van der Waals surface area contributed by atoms with Crippen molar-refractivity contribution in [2.45, 2.75) is 58.2 Å². The Bertz CT molecular complexity index is 214. The molecule has 0 amide bonds. The lowest BCUT2D eigenvalue weighted by Crippen LogP contribution is -2.36. The van der Waals surface area contributed by atoms with Gasteiger partial charge in [0.1, 0.15) is 6.10 Å². The average molecular weight is 196 g/mol. The summed E-state index contributed by atoms with van der Waals surface area (Å²) in [5.41, 5.74) is 0. The average Bonchev–Trinajstić information content (AvgIpc) is 2.84. The predicted molar refractivity (Wildman–Crippen MR) is 55.1 cm³/mol. The van der Waals surface area contributed by atoms with Crippen molar-refractivity contribution in [3.05, 3.63) is 0 Å². The van der Waals surface area contributed by atoms with Gasteiger partial charge in [0.05, 0.1) is 6.10 Å². The third kappa shape index (κ3) is 2.17. The fourth-order valence-corrected chi connectivity index (χ4v) is 1.85. The summed E-state index contributed by atoms with van der Waals surface area (Å²) in [6, 6.07) is 0. The van der Waals surface area contributed by atoms with E-state index in [2.05, 4.69) is 0 Å². The second-order valence-electron chi connectivity index (χ2n) is 5.00. The molecule has 2 rings (SSSR count). The van der Waals surface area contributed by atoms with E-state index < -0.39 is 0 Å². The Morgan fingerprint density at radius 1 is 1.21 bits per heavy atom. The van der Waals surface area contributed by atoms with E-state index in [1.807, 2.05) is 13.8 Å². The van der Waals surface area contributed by atoms with Crippen LogP contribution in [0.1, 0.15) is 46.0 Å². The molecule has 0 aliphatic heterocycles. The van der Waals surface area contributed by atoms with Crippen molar-refractivity contribution in [2.24, 2.45) is 11.8 Å². The smallest absolute Gasteiger partial charge is 0.164 e. The van der Waals surface area contributed by atoms with Crippen LogP contribution >= 0.6 is 0 Å². The lowest BCUT2D eigenvalue weighted by atomic mass is 9.94. The van der Waals surface area contributed by atoms with Crippen LogP contribution in [-0.4, -0.2) is 18.0 Å². The van der Waals surface area contributed by atoms with E-state index >= 15 is 0 Å². The highest BCUT2D eigenvalue weighted by Crippen LogP contribution is 2.38. The Balaban J connectivity index is 1.89. The van der Waals surface area contributed by atoms with Gasteiger partial charge in [0.25, 0.3) is 0 Å². The predicted octanol–water partition coefficient (Wildman–Crippen LogP) is 2.56. The van der Waals surface area contributed by atoms with Crippen molar-refractivity contribution < 1.29 is 9.53 Å². The summed E-state index contributed by atoms with van der Waals surface area (Å²) in [4.78, 5) is 11.9. The van der Waals surface area contributed by atoms with Crippen LogP contribution in [0, 0.1) is 11.8 Å². The SMILES string of the molecule is CC(C)C(=O)[C@H](OC1CCC1)C1CC1. The van der Waals surface area contributed by atoms with Crippen molar-refractivity contribution in [3.8, 4) is 0 Å². The molecule has 0 aromatic rings. The molecule has 2 aliphatic rings. The number of Topliss-reactive ketones (excluding diaryl/α,β-unsaturated/α-hetero) is 1. The number of carbonyl (C=O) groups is 1. The zero-order valence-corrected chi connectivity index (χ0v) is 9.16. The highest BCUT2D eigenvalue weighted by Gasteiger charge is 2.39. The van der Waals surface area contributed by atoms with Crippen molar-refractivity contribution in [3.63, 3.8) is 0 Å². The molecule has 2 nitrogen and oxygen atoms in total. The number of hydrogen-bond acceptors (Lipinski definition) is 2. The van der Waals surface area contributed by atoms with Gasteiger partial charge in [-0.2, -0.15) is 0 Å². The molecule has 14 heavy (non-hydrogen) atoms. The standard InChI is InChI=1S/C12H20O2/c1-8(2)11(13)12(9-6-7-9)14-10-4-3-5-10/h8-10,12H,3-7H2,1-2H3/t12-/m1/s1. The maximum Gasteiger partial charge on any atom is 0.164 e. The summed E-state index contributed by atoms with van der Waals surface area (Å²) >= 11 is 0. The summed E-state index contributed by atoms with van der Waals surface area (Å²) in [7, 11) is 0. The number of rotatable bonds is 5. The van der Waals surface area contributed by atoms with Crippen molar-refractivity contribution in [1.29, 1.82) is 0 Å². The maximum atomic E-state index is 11.9. The van der Waals surface area contributed by atoms with Gasteiger partial charge in [0, 0.05) is 5.92 Å². The molecular weight excluding hydrogens is 176 g/mol. The Morgan fingerprint density at radius 3 is 2.21 bits per heavy atom. The normalized spacial score (nSPS) is 24.8. The van der Waals surface area contributed by atoms with Crippen LogP contribution in [0.2, 0.25) is 0 Å². The van der Waals surface area contributed by atoms with Gasteiger partial charge >= 0.3 is 0 Å². The number of hydrogen-bond donors (Lipinski definition) is 0. The van der Waals surface area contributed by atoms with E-state index in [9.17, 15) is 4.79 Å². The molecule has 0 radical (unpaired) electrons.